The van der Waals surface area contributed by atoms with Gasteiger partial charge in [-0.3, -0.25) is 0 Å². The van der Waals surface area contributed by atoms with Crippen LogP contribution in [0.5, 0.6) is 0 Å². The molecule has 5 nitrogen and oxygen atoms in total. The zero-order chi connectivity index (χ0) is 10.6. The molecule has 0 bridgehead atoms. The van der Waals surface area contributed by atoms with Gasteiger partial charge in [0.25, 0.3) is 0 Å². The fraction of sp³-hybridized carbons (Fsp3) is 0.222. The van der Waals surface area contributed by atoms with Crippen LogP contribution < -0.4 is 10.5 Å². The first-order chi connectivity index (χ1) is 6.70. The number of nitrogen functional groups attached to an aromatic ring is 1. The SMILES string of the molecule is COC(=O)c1cccc(CC#N)[n+]1N. The van der Waals surface area contributed by atoms with Gasteiger partial charge >= 0.3 is 11.7 Å². The van der Waals surface area contributed by atoms with E-state index in [-0.39, 0.29) is 12.1 Å². The van der Waals surface area contributed by atoms with E-state index in [0.717, 1.165) is 4.68 Å². The summed E-state index contributed by atoms with van der Waals surface area (Å²) in [6.07, 6.45) is 0.154. The fourth-order valence-corrected chi connectivity index (χ4v) is 1.06. The lowest BCUT2D eigenvalue weighted by Crippen LogP contribution is -2.53. The molecular formula is C9H10N3O2+. The molecule has 1 aromatic rings. The highest BCUT2D eigenvalue weighted by molar-refractivity contribution is 5.85. The predicted octanol–water partition coefficient (Wildman–Crippen LogP) is -0.459. The molecule has 5 heteroatoms. The minimum atomic E-state index is -0.521. The van der Waals surface area contributed by atoms with Crippen molar-refractivity contribution in [1.29, 1.82) is 5.26 Å². The Labute approximate surface area is 81.3 Å². The number of nitrogens with two attached hydrogens (primary N) is 1. The van der Waals surface area contributed by atoms with Crippen LogP contribution in [0.1, 0.15) is 16.2 Å². The van der Waals surface area contributed by atoms with E-state index in [9.17, 15) is 4.79 Å². The topological polar surface area (TPSA) is 80.0 Å². The second kappa shape index (κ2) is 4.23. The van der Waals surface area contributed by atoms with Gasteiger partial charge in [0.2, 0.25) is 5.69 Å². The normalized spacial score (nSPS) is 9.14. The molecule has 72 valence electrons. The number of esters is 1. The predicted molar refractivity (Wildman–Crippen MR) is 47.4 cm³/mol. The van der Waals surface area contributed by atoms with E-state index in [2.05, 4.69) is 4.74 Å². The third kappa shape index (κ3) is 1.80. The Kier molecular flexibility index (Phi) is 3.02. The van der Waals surface area contributed by atoms with Crippen LogP contribution >= 0.6 is 0 Å². The Balaban J connectivity index is 3.15. The van der Waals surface area contributed by atoms with Crippen LogP contribution in [0.4, 0.5) is 0 Å². The molecule has 1 heterocycles. The molecule has 0 radical (unpaired) electrons. The number of nitrogens with zero attached hydrogens (tertiary/aromatic N) is 2. The maximum atomic E-state index is 11.2. The van der Waals surface area contributed by atoms with Gasteiger partial charge in [0, 0.05) is 12.1 Å². The van der Waals surface area contributed by atoms with Crippen molar-refractivity contribution in [2.24, 2.45) is 0 Å². The highest BCUT2D eigenvalue weighted by Crippen LogP contribution is 1.97. The van der Waals surface area contributed by atoms with Crippen molar-refractivity contribution in [2.75, 3.05) is 13.0 Å². The van der Waals surface area contributed by atoms with Gasteiger partial charge in [-0.25, -0.2) is 10.6 Å². The van der Waals surface area contributed by atoms with E-state index in [0.29, 0.717) is 5.69 Å². The molecule has 2 N–H and O–H groups in total. The van der Waals surface area contributed by atoms with Crippen molar-refractivity contribution in [2.45, 2.75) is 6.42 Å². The van der Waals surface area contributed by atoms with E-state index >= 15 is 0 Å². The first kappa shape index (κ1) is 9.99. The van der Waals surface area contributed by atoms with Crippen molar-refractivity contribution in [3.05, 3.63) is 29.6 Å². The zero-order valence-corrected chi connectivity index (χ0v) is 7.73. The van der Waals surface area contributed by atoms with E-state index in [1.165, 1.54) is 13.2 Å². The van der Waals surface area contributed by atoms with Crippen LogP contribution in [0.2, 0.25) is 0 Å². The van der Waals surface area contributed by atoms with Crippen molar-refractivity contribution >= 4 is 5.97 Å². The van der Waals surface area contributed by atoms with Crippen LogP contribution in [0.25, 0.3) is 0 Å². The molecule has 0 saturated carbocycles. The van der Waals surface area contributed by atoms with Crippen LogP contribution in [0.15, 0.2) is 18.2 Å². The summed E-state index contributed by atoms with van der Waals surface area (Å²) >= 11 is 0. The Morgan fingerprint density at radius 1 is 1.71 bits per heavy atom. The maximum Gasteiger partial charge on any atom is 0.406 e. The molecule has 0 aromatic carbocycles. The summed E-state index contributed by atoms with van der Waals surface area (Å²) in [5, 5.41) is 8.50. The number of hydrogen-bond donors (Lipinski definition) is 1. The number of carbonyl (C=O) groups is 1. The van der Waals surface area contributed by atoms with Gasteiger partial charge in [-0.1, -0.05) is 4.68 Å². The molecule has 0 unspecified atom stereocenters. The molecule has 0 fully saturated rings. The number of methoxy groups -OCH3 is 1. The van der Waals surface area contributed by atoms with Gasteiger partial charge in [0.1, 0.15) is 6.42 Å². The summed E-state index contributed by atoms with van der Waals surface area (Å²) in [5.41, 5.74) is 0.788. The fourth-order valence-electron chi connectivity index (χ4n) is 1.06. The standard InChI is InChI=1S/C9H9N3O2/c1-14-9(13)8-4-2-3-7(5-6-10)12(8)11/h2-4H,5H2,1H3,(H-,11,13)/p+1. The third-order valence-electron chi connectivity index (χ3n) is 1.77. The van der Waals surface area contributed by atoms with Crippen molar-refractivity contribution < 1.29 is 14.2 Å². The summed E-state index contributed by atoms with van der Waals surface area (Å²) in [4.78, 5) is 11.2. The Hall–Kier alpha value is -2.09. The van der Waals surface area contributed by atoms with Gasteiger partial charge in [0.05, 0.1) is 13.2 Å². The van der Waals surface area contributed by atoms with E-state index in [4.69, 9.17) is 11.1 Å². The Bertz CT molecular complexity index is 396. The molecule has 0 amide bonds. The molecule has 0 aliphatic carbocycles. The van der Waals surface area contributed by atoms with Crippen molar-refractivity contribution in [1.82, 2.24) is 0 Å². The summed E-state index contributed by atoms with van der Waals surface area (Å²) < 4.78 is 5.69. The molecule has 0 aliphatic rings. The second-order valence-corrected chi connectivity index (χ2v) is 2.60. The van der Waals surface area contributed by atoms with Crippen molar-refractivity contribution in [3.63, 3.8) is 0 Å². The lowest BCUT2D eigenvalue weighted by Gasteiger charge is -1.98. The molecule has 14 heavy (non-hydrogen) atoms. The van der Waals surface area contributed by atoms with Gasteiger partial charge in [-0.2, -0.15) is 5.26 Å². The first-order valence-electron chi connectivity index (χ1n) is 3.95. The van der Waals surface area contributed by atoms with E-state index < -0.39 is 5.97 Å². The average Bonchev–Trinajstić information content (AvgIpc) is 2.20. The molecule has 0 atom stereocenters. The number of rotatable bonds is 2. The minimum Gasteiger partial charge on any atom is -0.461 e. The number of carbonyl (C=O) groups excluding carboxylic acids is 1. The van der Waals surface area contributed by atoms with Gasteiger partial charge < -0.3 is 4.74 Å². The molecule has 1 aromatic heterocycles. The number of aromatic nitrogens is 1. The highest BCUT2D eigenvalue weighted by atomic mass is 16.5. The smallest absolute Gasteiger partial charge is 0.406 e. The maximum absolute atomic E-state index is 11.2. The van der Waals surface area contributed by atoms with Gasteiger partial charge in [-0.05, 0) is 6.07 Å². The summed E-state index contributed by atoms with van der Waals surface area (Å²) in [5.74, 6) is 5.09. The lowest BCUT2D eigenvalue weighted by atomic mass is 10.2. The third-order valence-corrected chi connectivity index (χ3v) is 1.77. The van der Waals surface area contributed by atoms with Gasteiger partial charge in [-0.15, -0.1) is 0 Å². The Morgan fingerprint density at radius 3 is 3.00 bits per heavy atom. The molecule has 1 rings (SSSR count). The van der Waals surface area contributed by atoms with Crippen LogP contribution in [-0.2, 0) is 11.2 Å². The largest absolute Gasteiger partial charge is 0.461 e. The van der Waals surface area contributed by atoms with Gasteiger partial charge in [0.15, 0.2) is 0 Å². The second-order valence-electron chi connectivity index (χ2n) is 2.60. The zero-order valence-electron chi connectivity index (χ0n) is 7.73. The van der Waals surface area contributed by atoms with Crippen LogP contribution in [0.3, 0.4) is 0 Å². The number of ether oxygens (including phenoxy) is 1. The summed E-state index contributed by atoms with van der Waals surface area (Å²) in [7, 11) is 1.28. The highest BCUT2D eigenvalue weighted by Gasteiger charge is 2.21. The quantitative estimate of drug-likeness (QED) is 0.390. The summed E-state index contributed by atoms with van der Waals surface area (Å²) in [6, 6.07) is 6.82. The molecule has 0 spiro atoms. The lowest BCUT2D eigenvalue weighted by molar-refractivity contribution is -0.649. The first-order valence-corrected chi connectivity index (χ1v) is 3.95. The summed E-state index contributed by atoms with van der Waals surface area (Å²) in [6.45, 7) is 0. The van der Waals surface area contributed by atoms with Crippen molar-refractivity contribution in [3.8, 4) is 6.07 Å². The molecular weight excluding hydrogens is 182 g/mol. The van der Waals surface area contributed by atoms with Crippen LogP contribution in [0, 0.1) is 11.3 Å². The molecule has 0 aliphatic heterocycles. The minimum absolute atomic E-state index is 0.154. The van der Waals surface area contributed by atoms with Crippen LogP contribution in [-0.4, -0.2) is 13.1 Å². The number of pyridine rings is 1. The number of nitriles is 1. The number of hydrogen-bond acceptors (Lipinski definition) is 4. The van der Waals surface area contributed by atoms with E-state index in [1.54, 1.807) is 12.1 Å². The average molecular weight is 192 g/mol. The monoisotopic (exact) mass is 192 g/mol. The molecule has 0 saturated heterocycles. The van der Waals surface area contributed by atoms with E-state index in [1.807, 2.05) is 6.07 Å². The Morgan fingerprint density at radius 2 is 2.43 bits per heavy atom.